The van der Waals surface area contributed by atoms with Gasteiger partial charge in [-0.3, -0.25) is 10.3 Å². The van der Waals surface area contributed by atoms with Crippen LogP contribution in [0.1, 0.15) is 16.8 Å². The average molecular weight is 376 g/mol. The molecule has 0 saturated carbocycles. The van der Waals surface area contributed by atoms with E-state index in [1.807, 2.05) is 41.8 Å². The highest BCUT2D eigenvalue weighted by Crippen LogP contribution is 2.26. The monoisotopic (exact) mass is 376 g/mol. The van der Waals surface area contributed by atoms with Gasteiger partial charge in [-0.05, 0) is 40.8 Å². The van der Waals surface area contributed by atoms with Gasteiger partial charge in [-0.25, -0.2) is 14.8 Å². The van der Waals surface area contributed by atoms with Gasteiger partial charge in [0.2, 0.25) is 0 Å². The number of urea groups is 1. The number of hydrogen-bond acceptors (Lipinski definition) is 6. The number of nitrogen functional groups attached to an aromatic ring is 1. The number of hydrogen-bond donors (Lipinski definition) is 3. The minimum absolute atomic E-state index is 0.284. The van der Waals surface area contributed by atoms with Gasteiger partial charge in [-0.2, -0.15) is 0 Å². The van der Waals surface area contributed by atoms with E-state index in [1.165, 1.54) is 17.7 Å². The number of nitrogens with two attached hydrogens (primary N) is 1. The summed E-state index contributed by atoms with van der Waals surface area (Å²) in [6, 6.07) is 11.1. The van der Waals surface area contributed by atoms with Gasteiger partial charge in [0.1, 0.15) is 12.1 Å². The fourth-order valence-electron chi connectivity index (χ4n) is 2.75. The van der Waals surface area contributed by atoms with Crippen LogP contribution in [0.4, 0.5) is 21.3 Å². The second kappa shape index (κ2) is 7.38. The fraction of sp³-hybridized carbons (Fsp3) is 0.0526. The zero-order valence-corrected chi connectivity index (χ0v) is 15.0. The molecule has 27 heavy (non-hydrogen) atoms. The predicted octanol–water partition coefficient (Wildman–Crippen LogP) is 3.78. The van der Waals surface area contributed by atoms with Crippen molar-refractivity contribution < 1.29 is 4.79 Å². The number of aromatic nitrogens is 2. The molecule has 0 fully saturated rings. The maximum absolute atomic E-state index is 12.1. The van der Waals surface area contributed by atoms with Crippen LogP contribution >= 0.6 is 11.3 Å². The Hall–Kier alpha value is -3.52. The van der Waals surface area contributed by atoms with Gasteiger partial charge in [0.15, 0.2) is 0 Å². The zero-order chi connectivity index (χ0) is 18.6. The Kier molecular flexibility index (Phi) is 4.63. The van der Waals surface area contributed by atoms with Gasteiger partial charge in [-0.15, -0.1) is 11.3 Å². The minimum Gasteiger partial charge on any atom is -0.383 e. The molecular weight excluding hydrogens is 360 g/mol. The number of nitrogens with one attached hydrogen (secondary N) is 2. The minimum atomic E-state index is -0.284. The van der Waals surface area contributed by atoms with Crippen LogP contribution in [0, 0.1) is 0 Å². The molecule has 0 atom stereocenters. The van der Waals surface area contributed by atoms with Crippen LogP contribution < -0.4 is 16.4 Å². The molecule has 8 heteroatoms. The Balaban J connectivity index is 1.53. The van der Waals surface area contributed by atoms with Crippen molar-refractivity contribution in [3.8, 4) is 0 Å². The van der Waals surface area contributed by atoms with E-state index in [0.717, 1.165) is 27.4 Å². The molecule has 2 amide bonds. The molecule has 3 aromatic rings. The Morgan fingerprint density at radius 2 is 2.07 bits per heavy atom. The fourth-order valence-corrected chi connectivity index (χ4v) is 3.37. The van der Waals surface area contributed by atoms with E-state index in [2.05, 4.69) is 25.6 Å². The molecule has 0 spiro atoms. The molecule has 0 unspecified atom stereocenters. The summed E-state index contributed by atoms with van der Waals surface area (Å²) >= 11 is 1.47. The van der Waals surface area contributed by atoms with Crippen molar-refractivity contribution in [1.82, 2.24) is 9.97 Å². The first kappa shape index (κ1) is 16.9. The van der Waals surface area contributed by atoms with Crippen LogP contribution in [0.3, 0.4) is 0 Å². The van der Waals surface area contributed by atoms with Crippen molar-refractivity contribution in [3.63, 3.8) is 0 Å². The molecule has 0 saturated heterocycles. The number of allylic oxidation sites excluding steroid dienone is 1. The second-order valence-electron chi connectivity index (χ2n) is 5.87. The number of carbonyl (C=O) groups is 1. The van der Waals surface area contributed by atoms with Crippen LogP contribution in [-0.2, 0) is 6.42 Å². The third-order valence-electron chi connectivity index (χ3n) is 4.04. The zero-order valence-electron chi connectivity index (χ0n) is 14.2. The summed E-state index contributed by atoms with van der Waals surface area (Å²) in [5.41, 5.74) is 10.1. The van der Waals surface area contributed by atoms with Crippen LogP contribution in [0.15, 0.2) is 59.3 Å². The lowest BCUT2D eigenvalue weighted by atomic mass is 10.00. The van der Waals surface area contributed by atoms with E-state index in [1.54, 1.807) is 12.4 Å². The molecule has 0 radical (unpaired) electrons. The average Bonchev–Trinajstić information content (AvgIpc) is 3.05. The summed E-state index contributed by atoms with van der Waals surface area (Å²) in [6.07, 6.45) is 5.49. The van der Waals surface area contributed by atoms with Gasteiger partial charge in [0.25, 0.3) is 0 Å². The number of nitrogens with zero attached hydrogens (tertiary/aromatic N) is 3. The van der Waals surface area contributed by atoms with E-state index in [9.17, 15) is 4.79 Å². The first-order valence-electron chi connectivity index (χ1n) is 8.22. The molecular formula is C19H16N6OS. The van der Waals surface area contributed by atoms with Crippen molar-refractivity contribution in [2.75, 3.05) is 16.4 Å². The lowest BCUT2D eigenvalue weighted by molar-refractivity contribution is 0.262. The highest BCUT2D eigenvalue weighted by molar-refractivity contribution is 7.14. The molecule has 0 aliphatic carbocycles. The van der Waals surface area contributed by atoms with Crippen LogP contribution in [-0.4, -0.2) is 22.2 Å². The molecule has 4 rings (SSSR count). The van der Waals surface area contributed by atoms with Gasteiger partial charge < -0.3 is 11.1 Å². The van der Waals surface area contributed by atoms with Crippen molar-refractivity contribution >= 4 is 45.7 Å². The maximum Gasteiger partial charge on any atom is 0.324 e. The number of aliphatic imine (C=N–C) groups is 1. The standard InChI is InChI=1S/C19H16N6OS/c20-18-15-10-21-9-13(8-16(15)22-11-23-18)12-3-1-4-14(7-12)24-19(26)25-17-5-2-6-27-17/h1-7,9-11H,8H2,(H2,20,22,23)(H2,24,25,26). The van der Waals surface area contributed by atoms with E-state index in [4.69, 9.17) is 5.73 Å². The van der Waals surface area contributed by atoms with Crippen molar-refractivity contribution in [2.24, 2.45) is 4.99 Å². The predicted molar refractivity (Wildman–Crippen MR) is 109 cm³/mol. The molecule has 7 nitrogen and oxygen atoms in total. The third-order valence-corrected chi connectivity index (χ3v) is 4.82. The van der Waals surface area contributed by atoms with Crippen molar-refractivity contribution in [3.05, 3.63) is 71.1 Å². The maximum atomic E-state index is 12.1. The van der Waals surface area contributed by atoms with Crippen LogP contribution in [0.2, 0.25) is 0 Å². The van der Waals surface area contributed by atoms with Gasteiger partial charge in [0.05, 0.1) is 16.3 Å². The van der Waals surface area contributed by atoms with Crippen LogP contribution in [0.25, 0.3) is 5.57 Å². The SMILES string of the molecule is Nc1ncnc2c1C=NC=C(c1cccc(NC(=O)Nc3cccs3)c1)C2. The summed E-state index contributed by atoms with van der Waals surface area (Å²) < 4.78 is 0. The number of thiophene rings is 1. The number of benzene rings is 1. The Labute approximate surface area is 159 Å². The molecule has 4 N–H and O–H groups in total. The lowest BCUT2D eigenvalue weighted by Gasteiger charge is -2.10. The summed E-state index contributed by atoms with van der Waals surface area (Å²) in [6.45, 7) is 0. The molecule has 0 bridgehead atoms. The van der Waals surface area contributed by atoms with E-state index >= 15 is 0 Å². The van der Waals surface area contributed by atoms with Crippen molar-refractivity contribution in [1.29, 1.82) is 0 Å². The lowest BCUT2D eigenvalue weighted by Crippen LogP contribution is -2.18. The number of anilines is 3. The molecule has 134 valence electrons. The first-order valence-corrected chi connectivity index (χ1v) is 9.10. The number of amides is 2. The Morgan fingerprint density at radius 1 is 1.15 bits per heavy atom. The van der Waals surface area contributed by atoms with Gasteiger partial charge >= 0.3 is 6.03 Å². The third kappa shape index (κ3) is 3.85. The molecule has 2 aromatic heterocycles. The molecule has 1 aliphatic heterocycles. The van der Waals surface area contributed by atoms with Crippen LogP contribution in [0.5, 0.6) is 0 Å². The second-order valence-corrected chi connectivity index (χ2v) is 6.81. The van der Waals surface area contributed by atoms with Gasteiger partial charge in [0, 0.05) is 24.5 Å². The number of carbonyl (C=O) groups excluding carboxylic acids is 1. The molecule has 1 aromatic carbocycles. The summed E-state index contributed by atoms with van der Waals surface area (Å²) in [4.78, 5) is 24.8. The van der Waals surface area contributed by atoms with E-state index in [-0.39, 0.29) is 6.03 Å². The largest absolute Gasteiger partial charge is 0.383 e. The highest BCUT2D eigenvalue weighted by Gasteiger charge is 2.14. The molecule has 3 heterocycles. The normalized spacial score (nSPS) is 12.7. The van der Waals surface area contributed by atoms with E-state index in [0.29, 0.717) is 17.9 Å². The first-order chi connectivity index (χ1) is 13.2. The van der Waals surface area contributed by atoms with Gasteiger partial charge in [-0.1, -0.05) is 12.1 Å². The van der Waals surface area contributed by atoms with Crippen molar-refractivity contribution in [2.45, 2.75) is 6.42 Å². The quantitative estimate of drug-likeness (QED) is 0.647. The smallest absolute Gasteiger partial charge is 0.324 e. The Morgan fingerprint density at radius 3 is 2.93 bits per heavy atom. The number of fused-ring (bicyclic) bond motifs is 1. The summed E-state index contributed by atoms with van der Waals surface area (Å²) in [5, 5.41) is 8.34. The summed E-state index contributed by atoms with van der Waals surface area (Å²) in [5.74, 6) is 0.416. The molecule has 1 aliphatic rings. The van der Waals surface area contributed by atoms with E-state index < -0.39 is 0 Å². The number of rotatable bonds is 3. The Bertz CT molecular complexity index is 1040. The summed E-state index contributed by atoms with van der Waals surface area (Å²) in [7, 11) is 0. The highest BCUT2D eigenvalue weighted by atomic mass is 32.1. The topological polar surface area (TPSA) is 105 Å².